The first-order chi connectivity index (χ1) is 13.6. The maximum absolute atomic E-state index is 13.3. The number of rotatable bonds is 5. The molecule has 1 aliphatic carbocycles. The van der Waals surface area contributed by atoms with Crippen molar-refractivity contribution in [3.63, 3.8) is 0 Å². The number of amides is 1. The van der Waals surface area contributed by atoms with E-state index in [2.05, 4.69) is 14.7 Å². The van der Waals surface area contributed by atoms with Gasteiger partial charge < -0.3 is 14.1 Å². The third kappa shape index (κ3) is 3.05. The molecule has 1 amide bonds. The van der Waals surface area contributed by atoms with E-state index in [-0.39, 0.29) is 17.8 Å². The Bertz CT molecular complexity index is 1180. The van der Waals surface area contributed by atoms with E-state index in [1.807, 2.05) is 37.5 Å². The summed E-state index contributed by atoms with van der Waals surface area (Å²) in [7, 11) is 0. The Hall–Kier alpha value is -3.15. The van der Waals surface area contributed by atoms with E-state index in [4.69, 9.17) is 4.42 Å². The zero-order chi connectivity index (χ0) is 19.3. The van der Waals surface area contributed by atoms with Gasteiger partial charge in [0, 0.05) is 23.9 Å². The summed E-state index contributed by atoms with van der Waals surface area (Å²) in [6.07, 6.45) is 5.32. The zero-order valence-corrected chi connectivity index (χ0v) is 15.4. The van der Waals surface area contributed by atoms with Crippen LogP contribution in [-0.2, 0) is 4.79 Å². The predicted molar refractivity (Wildman–Crippen MR) is 103 cm³/mol. The summed E-state index contributed by atoms with van der Waals surface area (Å²) >= 11 is 0. The molecule has 1 aromatic carbocycles. The van der Waals surface area contributed by atoms with Gasteiger partial charge in [-0.25, -0.2) is 9.37 Å². The van der Waals surface area contributed by atoms with Gasteiger partial charge in [-0.2, -0.15) is 0 Å². The summed E-state index contributed by atoms with van der Waals surface area (Å²) in [6, 6.07) is 11.9. The van der Waals surface area contributed by atoms with Crippen LogP contribution >= 0.6 is 0 Å². The molecule has 0 spiro atoms. The predicted octanol–water partition coefficient (Wildman–Crippen LogP) is 4.59. The quantitative estimate of drug-likeness (QED) is 0.553. The summed E-state index contributed by atoms with van der Waals surface area (Å²) in [6.45, 7) is 1.87. The molecule has 4 aromatic rings. The van der Waals surface area contributed by atoms with Crippen LogP contribution in [0, 0.1) is 11.7 Å². The Morgan fingerprint density at radius 2 is 2.25 bits per heavy atom. The molecule has 5 nitrogen and oxygen atoms in total. The lowest BCUT2D eigenvalue weighted by Crippen LogP contribution is -2.26. The maximum Gasteiger partial charge on any atom is 0.220 e. The van der Waals surface area contributed by atoms with Crippen LogP contribution in [0.1, 0.15) is 43.3 Å². The topological polar surface area (TPSA) is 59.5 Å². The van der Waals surface area contributed by atoms with E-state index in [9.17, 15) is 9.18 Å². The van der Waals surface area contributed by atoms with E-state index < -0.39 is 0 Å². The van der Waals surface area contributed by atoms with Gasteiger partial charge in [-0.3, -0.25) is 4.79 Å². The Labute approximate surface area is 161 Å². The number of nitrogens with zero attached hydrogens (tertiary/aromatic N) is 2. The van der Waals surface area contributed by atoms with Crippen molar-refractivity contribution in [2.45, 2.75) is 31.7 Å². The number of carbonyl (C=O) groups is 1. The lowest BCUT2D eigenvalue weighted by molar-refractivity contribution is -0.122. The fraction of sp³-hybridized carbons (Fsp3) is 0.273. The number of pyridine rings is 1. The lowest BCUT2D eigenvalue weighted by atomic mass is 10.2. The van der Waals surface area contributed by atoms with Crippen LogP contribution < -0.4 is 5.32 Å². The normalized spacial score (nSPS) is 19.8. The molecular formula is C22H20FN3O2. The number of furan rings is 1. The molecule has 3 heterocycles. The Kier molecular flexibility index (Phi) is 3.93. The van der Waals surface area contributed by atoms with Crippen molar-refractivity contribution in [2.24, 2.45) is 5.92 Å². The van der Waals surface area contributed by atoms with Crippen LogP contribution in [0.15, 0.2) is 59.3 Å². The van der Waals surface area contributed by atoms with Crippen LogP contribution in [0.2, 0.25) is 0 Å². The van der Waals surface area contributed by atoms with Gasteiger partial charge in [0.05, 0.1) is 17.8 Å². The van der Waals surface area contributed by atoms with Crippen molar-refractivity contribution in [1.82, 2.24) is 14.7 Å². The van der Waals surface area contributed by atoms with Crippen LogP contribution in [0.3, 0.4) is 0 Å². The van der Waals surface area contributed by atoms with Gasteiger partial charge in [0.2, 0.25) is 5.91 Å². The van der Waals surface area contributed by atoms with E-state index in [1.165, 1.54) is 12.1 Å². The summed E-state index contributed by atoms with van der Waals surface area (Å²) in [5, 5.41) is 3.69. The molecule has 3 atom stereocenters. The first-order valence-corrected chi connectivity index (χ1v) is 9.49. The molecule has 0 saturated heterocycles. The molecule has 1 fully saturated rings. The number of carbonyl (C=O) groups excluding carboxylic acids is 1. The van der Waals surface area contributed by atoms with Gasteiger partial charge in [-0.05, 0) is 55.7 Å². The first-order valence-electron chi connectivity index (χ1n) is 9.49. The number of hydrogen-bond acceptors (Lipinski definition) is 3. The fourth-order valence-electron chi connectivity index (χ4n) is 3.89. The second-order valence-electron chi connectivity index (χ2n) is 7.54. The molecule has 0 bridgehead atoms. The van der Waals surface area contributed by atoms with Crippen LogP contribution in [0.4, 0.5) is 4.39 Å². The molecule has 1 saturated carbocycles. The Morgan fingerprint density at radius 1 is 1.36 bits per heavy atom. The Balaban J connectivity index is 1.22. The monoisotopic (exact) mass is 377 g/mol. The van der Waals surface area contributed by atoms with Crippen LogP contribution in [-0.4, -0.2) is 15.3 Å². The molecule has 1 N–H and O–H groups in total. The minimum absolute atomic E-state index is 0.00695. The molecular weight excluding hydrogens is 357 g/mol. The molecule has 5 rings (SSSR count). The highest BCUT2D eigenvalue weighted by Crippen LogP contribution is 2.49. The van der Waals surface area contributed by atoms with Gasteiger partial charge in [-0.15, -0.1) is 0 Å². The van der Waals surface area contributed by atoms with Gasteiger partial charge >= 0.3 is 0 Å². The molecule has 142 valence electrons. The maximum atomic E-state index is 13.3. The average molecular weight is 377 g/mol. The molecule has 28 heavy (non-hydrogen) atoms. The number of benzene rings is 1. The molecule has 2 unspecified atom stereocenters. The highest BCUT2D eigenvalue weighted by Gasteiger charge is 2.42. The van der Waals surface area contributed by atoms with Crippen molar-refractivity contribution in [1.29, 1.82) is 0 Å². The largest absolute Gasteiger partial charge is 0.459 e. The second kappa shape index (κ2) is 6.48. The number of hydrogen-bond donors (Lipinski definition) is 1. The molecule has 0 aliphatic heterocycles. The van der Waals surface area contributed by atoms with E-state index in [1.54, 1.807) is 12.1 Å². The lowest BCUT2D eigenvalue weighted by Gasteiger charge is -2.11. The average Bonchev–Trinajstić information content (AvgIpc) is 3.12. The van der Waals surface area contributed by atoms with Crippen molar-refractivity contribution in [3.8, 4) is 0 Å². The summed E-state index contributed by atoms with van der Waals surface area (Å²) in [5.41, 5.74) is 1.69. The second-order valence-corrected chi connectivity index (χ2v) is 7.54. The van der Waals surface area contributed by atoms with Gasteiger partial charge in [0.1, 0.15) is 23.0 Å². The van der Waals surface area contributed by atoms with Crippen LogP contribution in [0.25, 0.3) is 16.5 Å². The molecule has 3 aromatic heterocycles. The van der Waals surface area contributed by atoms with Gasteiger partial charge in [0.25, 0.3) is 0 Å². The number of aromatic nitrogens is 2. The SMILES string of the molecule is C[C@@H](NC(=O)CC1CC1c1ncc2ccccn12)c1cc2cc(F)ccc2o1. The fourth-order valence-corrected chi connectivity index (χ4v) is 3.89. The summed E-state index contributed by atoms with van der Waals surface area (Å²) < 4.78 is 21.2. The molecule has 1 aliphatic rings. The number of halogens is 1. The van der Waals surface area contributed by atoms with Crippen molar-refractivity contribution < 1.29 is 13.6 Å². The third-order valence-corrected chi connectivity index (χ3v) is 5.47. The Morgan fingerprint density at radius 3 is 3.14 bits per heavy atom. The minimum atomic E-state index is -0.303. The van der Waals surface area contributed by atoms with E-state index in [0.717, 1.165) is 17.8 Å². The minimum Gasteiger partial charge on any atom is -0.459 e. The number of nitrogens with one attached hydrogen (secondary N) is 1. The van der Waals surface area contributed by atoms with Crippen molar-refractivity contribution in [2.75, 3.05) is 0 Å². The highest BCUT2D eigenvalue weighted by atomic mass is 19.1. The van der Waals surface area contributed by atoms with Crippen molar-refractivity contribution >= 4 is 22.4 Å². The van der Waals surface area contributed by atoms with Crippen LogP contribution in [0.5, 0.6) is 0 Å². The van der Waals surface area contributed by atoms with Gasteiger partial charge in [0.15, 0.2) is 0 Å². The summed E-state index contributed by atoms with van der Waals surface area (Å²) in [4.78, 5) is 17.0. The smallest absolute Gasteiger partial charge is 0.220 e. The molecule has 6 heteroatoms. The standard InChI is InChI=1S/C22H20FN3O2/c1-13(20-10-15-8-16(23)5-6-19(15)28-20)25-21(27)11-14-9-18(14)22-24-12-17-4-2-3-7-26(17)22/h2-8,10,12-14,18H,9,11H2,1H3,(H,25,27)/t13-,14?,18?/m1/s1. The first kappa shape index (κ1) is 17.0. The number of fused-ring (bicyclic) bond motifs is 2. The summed E-state index contributed by atoms with van der Waals surface area (Å²) in [5.74, 6) is 1.97. The number of imidazole rings is 1. The van der Waals surface area contributed by atoms with E-state index >= 15 is 0 Å². The van der Waals surface area contributed by atoms with Crippen molar-refractivity contribution in [3.05, 3.63) is 72.3 Å². The third-order valence-electron chi connectivity index (χ3n) is 5.47. The highest BCUT2D eigenvalue weighted by molar-refractivity contribution is 5.79. The van der Waals surface area contributed by atoms with E-state index in [0.29, 0.717) is 35.0 Å². The molecule has 0 radical (unpaired) electrons. The zero-order valence-electron chi connectivity index (χ0n) is 15.4. The van der Waals surface area contributed by atoms with Gasteiger partial charge in [-0.1, -0.05) is 6.07 Å².